The van der Waals surface area contributed by atoms with E-state index in [2.05, 4.69) is 26.2 Å². The van der Waals surface area contributed by atoms with E-state index in [0.29, 0.717) is 0 Å². The van der Waals surface area contributed by atoms with Gasteiger partial charge in [-0.05, 0) is 22.0 Å². The van der Waals surface area contributed by atoms with Crippen LogP contribution < -0.4 is 10.5 Å². The molecule has 0 aliphatic rings. The van der Waals surface area contributed by atoms with E-state index >= 15 is 0 Å². The van der Waals surface area contributed by atoms with Gasteiger partial charge in [-0.1, -0.05) is 0 Å². The third-order valence-corrected chi connectivity index (χ3v) is 3.05. The fourth-order valence-corrected chi connectivity index (χ4v) is 1.83. The van der Waals surface area contributed by atoms with Gasteiger partial charge in [-0.3, -0.25) is 0 Å². The van der Waals surface area contributed by atoms with E-state index in [9.17, 15) is 21.6 Å². The molecule has 1 aromatic rings. The first kappa shape index (κ1) is 15.2. The molecule has 0 spiro atoms. The highest BCUT2D eigenvalue weighted by Crippen LogP contribution is 2.35. The number of alkyl halides is 3. The molecule has 0 radical (unpaired) electrons. The first-order chi connectivity index (χ1) is 8.09. The number of nitrogens with zero attached hydrogens (tertiary/aromatic N) is 1. The summed E-state index contributed by atoms with van der Waals surface area (Å²) in [4.78, 5) is 3.55. The second-order valence-electron chi connectivity index (χ2n) is 3.34. The number of primary sulfonamides is 1. The van der Waals surface area contributed by atoms with Crippen LogP contribution in [0.25, 0.3) is 0 Å². The lowest BCUT2D eigenvalue weighted by atomic mass is 10.2. The van der Waals surface area contributed by atoms with Gasteiger partial charge in [0.05, 0.1) is 11.3 Å². The molecule has 3 N–H and O–H groups in total. The Balaban J connectivity index is 2.89. The Kier molecular flexibility index (Phi) is 4.56. The van der Waals surface area contributed by atoms with Crippen LogP contribution in [0.1, 0.15) is 5.56 Å². The second kappa shape index (κ2) is 5.41. The molecule has 0 aromatic carbocycles. The molecular formula is C8H9BrF3N3O2S. The lowest BCUT2D eigenvalue weighted by Gasteiger charge is -2.13. The van der Waals surface area contributed by atoms with E-state index in [0.717, 1.165) is 6.07 Å². The molecule has 0 amide bonds. The predicted molar refractivity (Wildman–Crippen MR) is 63.4 cm³/mol. The number of nitrogens with two attached hydrogens (primary N) is 1. The molecule has 0 bridgehead atoms. The summed E-state index contributed by atoms with van der Waals surface area (Å²) < 4.78 is 59.4. The van der Waals surface area contributed by atoms with Crippen molar-refractivity contribution in [2.75, 3.05) is 17.6 Å². The summed E-state index contributed by atoms with van der Waals surface area (Å²) in [5.41, 5.74) is -0.980. The van der Waals surface area contributed by atoms with Crippen molar-refractivity contribution < 1.29 is 21.6 Å². The number of hydrogen-bond acceptors (Lipinski definition) is 4. The maximum Gasteiger partial charge on any atom is 0.419 e. The third-order valence-electron chi connectivity index (χ3n) is 1.84. The van der Waals surface area contributed by atoms with E-state index < -0.39 is 33.3 Å². The monoisotopic (exact) mass is 347 g/mol. The van der Waals surface area contributed by atoms with Gasteiger partial charge in [0, 0.05) is 17.2 Å². The molecule has 102 valence electrons. The zero-order chi connectivity index (χ0) is 14.0. The Hall–Kier alpha value is -0.870. The molecule has 0 fully saturated rings. The van der Waals surface area contributed by atoms with E-state index in [-0.39, 0.29) is 11.0 Å². The van der Waals surface area contributed by atoms with Crippen LogP contribution >= 0.6 is 15.9 Å². The molecule has 0 saturated carbocycles. The van der Waals surface area contributed by atoms with Gasteiger partial charge < -0.3 is 5.32 Å². The summed E-state index contributed by atoms with van der Waals surface area (Å²) >= 11 is 2.88. The average Bonchev–Trinajstić information content (AvgIpc) is 2.17. The van der Waals surface area contributed by atoms with Crippen LogP contribution in [-0.2, 0) is 16.2 Å². The van der Waals surface area contributed by atoms with Gasteiger partial charge in [0.25, 0.3) is 0 Å². The molecule has 0 aliphatic carbocycles. The quantitative estimate of drug-likeness (QED) is 0.865. The fourth-order valence-electron chi connectivity index (χ4n) is 1.11. The van der Waals surface area contributed by atoms with Gasteiger partial charge in [-0.15, -0.1) is 0 Å². The molecule has 1 rings (SSSR count). The van der Waals surface area contributed by atoms with Gasteiger partial charge in [0.15, 0.2) is 0 Å². The van der Waals surface area contributed by atoms with E-state index in [1.807, 2.05) is 0 Å². The lowest BCUT2D eigenvalue weighted by Crippen LogP contribution is -2.23. The Labute approximate surface area is 110 Å². The van der Waals surface area contributed by atoms with Crippen LogP contribution in [0.2, 0.25) is 0 Å². The molecular weight excluding hydrogens is 339 g/mol. The van der Waals surface area contributed by atoms with Crippen molar-refractivity contribution in [1.82, 2.24) is 4.98 Å². The highest BCUT2D eigenvalue weighted by atomic mass is 79.9. The summed E-state index contributed by atoms with van der Waals surface area (Å²) in [5.74, 6) is -0.920. The average molecular weight is 348 g/mol. The minimum Gasteiger partial charge on any atom is -0.368 e. The summed E-state index contributed by atoms with van der Waals surface area (Å²) in [6.07, 6.45) is -3.41. The van der Waals surface area contributed by atoms with Gasteiger partial charge in [-0.2, -0.15) is 13.2 Å². The smallest absolute Gasteiger partial charge is 0.368 e. The van der Waals surface area contributed by atoms with Crippen LogP contribution in [0.4, 0.5) is 19.0 Å². The number of anilines is 1. The highest BCUT2D eigenvalue weighted by Gasteiger charge is 2.34. The number of nitrogens with one attached hydrogen (secondary N) is 1. The topological polar surface area (TPSA) is 85.1 Å². The normalized spacial score (nSPS) is 12.5. The summed E-state index contributed by atoms with van der Waals surface area (Å²) in [6, 6.07) is 0.853. The van der Waals surface area contributed by atoms with Crippen LogP contribution in [0.3, 0.4) is 0 Å². The van der Waals surface area contributed by atoms with E-state index in [4.69, 9.17) is 5.14 Å². The van der Waals surface area contributed by atoms with Gasteiger partial charge in [0.1, 0.15) is 5.82 Å². The fraction of sp³-hybridized carbons (Fsp3) is 0.375. The van der Waals surface area contributed by atoms with Gasteiger partial charge in [-0.25, -0.2) is 18.5 Å². The van der Waals surface area contributed by atoms with Crippen LogP contribution in [0.15, 0.2) is 16.7 Å². The SMILES string of the molecule is NS(=O)(=O)CCNc1ncc(Br)cc1C(F)(F)F. The van der Waals surface area contributed by atoms with Crippen LogP contribution in [-0.4, -0.2) is 25.7 Å². The molecule has 0 atom stereocenters. The largest absolute Gasteiger partial charge is 0.419 e. The lowest BCUT2D eigenvalue weighted by molar-refractivity contribution is -0.137. The van der Waals surface area contributed by atoms with Crippen molar-refractivity contribution in [2.45, 2.75) is 6.18 Å². The maximum absolute atomic E-state index is 12.6. The molecule has 5 nitrogen and oxygen atoms in total. The third kappa shape index (κ3) is 4.78. The second-order valence-corrected chi connectivity index (χ2v) is 5.99. The standard InChI is InChI=1S/C8H9BrF3N3O2S/c9-5-3-6(8(10,11)12)7(15-4-5)14-1-2-18(13,16)17/h3-4H,1-2H2,(H,14,15)(H2,13,16,17). The van der Waals surface area contributed by atoms with E-state index in [1.54, 1.807) is 0 Å². The number of halogens is 4. The van der Waals surface area contributed by atoms with Crippen molar-refractivity contribution in [1.29, 1.82) is 0 Å². The molecule has 1 aromatic heterocycles. The molecule has 10 heteroatoms. The van der Waals surface area contributed by atoms with E-state index in [1.165, 1.54) is 6.20 Å². The minimum atomic E-state index is -4.58. The molecule has 0 aliphatic heterocycles. The number of sulfonamides is 1. The van der Waals surface area contributed by atoms with Crippen LogP contribution in [0, 0.1) is 0 Å². The van der Waals surface area contributed by atoms with Crippen molar-refractivity contribution >= 4 is 31.8 Å². The van der Waals surface area contributed by atoms with Crippen LogP contribution in [0.5, 0.6) is 0 Å². The maximum atomic E-state index is 12.6. The number of pyridine rings is 1. The Morgan fingerprint density at radius 3 is 2.56 bits per heavy atom. The number of aromatic nitrogens is 1. The van der Waals surface area contributed by atoms with Gasteiger partial charge in [0.2, 0.25) is 10.0 Å². The highest BCUT2D eigenvalue weighted by molar-refractivity contribution is 9.10. The molecule has 18 heavy (non-hydrogen) atoms. The Morgan fingerprint density at radius 1 is 1.44 bits per heavy atom. The van der Waals surface area contributed by atoms with Crippen molar-refractivity contribution in [3.63, 3.8) is 0 Å². The van der Waals surface area contributed by atoms with Crippen molar-refractivity contribution in [3.05, 3.63) is 22.3 Å². The first-order valence-corrected chi connectivity index (χ1v) is 7.07. The first-order valence-electron chi connectivity index (χ1n) is 4.57. The molecule has 0 unspecified atom stereocenters. The summed E-state index contributed by atoms with van der Waals surface area (Å²) in [7, 11) is -3.73. The number of hydrogen-bond donors (Lipinski definition) is 2. The zero-order valence-electron chi connectivity index (χ0n) is 8.83. The summed E-state index contributed by atoms with van der Waals surface area (Å²) in [6.45, 7) is -0.253. The zero-order valence-corrected chi connectivity index (χ0v) is 11.2. The van der Waals surface area contributed by atoms with Crippen molar-refractivity contribution in [3.8, 4) is 0 Å². The van der Waals surface area contributed by atoms with Crippen molar-refractivity contribution in [2.24, 2.45) is 5.14 Å². The summed E-state index contributed by atoms with van der Waals surface area (Å²) in [5, 5.41) is 7.02. The number of rotatable bonds is 4. The molecule has 1 heterocycles. The Bertz CT molecular complexity index is 533. The Morgan fingerprint density at radius 2 is 2.06 bits per heavy atom. The predicted octanol–water partition coefficient (Wildman–Crippen LogP) is 1.56. The minimum absolute atomic E-state index is 0.173. The molecule has 0 saturated heterocycles. The van der Waals surface area contributed by atoms with Gasteiger partial charge >= 0.3 is 6.18 Å².